The highest BCUT2D eigenvalue weighted by Crippen LogP contribution is 2.26. The van der Waals surface area contributed by atoms with Crippen molar-refractivity contribution in [2.75, 3.05) is 0 Å². The average molecular weight is 208 g/mol. The molecule has 0 saturated heterocycles. The van der Waals surface area contributed by atoms with Gasteiger partial charge in [0.25, 0.3) is 0 Å². The van der Waals surface area contributed by atoms with Gasteiger partial charge in [0, 0.05) is 0 Å². The second kappa shape index (κ2) is 6.15. The standard InChI is InChI=1S/C15H28/c1-8-9-12(2)14(4)13(3)10-11-15(5,6)7/h9H,8,10-11H2,1-7H3/b12-9+,14-13-. The SMILES string of the molecule is CC/C=C(C)/C(C)=C(/C)CCC(C)(C)C. The molecule has 0 spiro atoms. The molecule has 0 aliphatic heterocycles. The van der Waals surface area contributed by atoms with Gasteiger partial charge in [-0.3, -0.25) is 0 Å². The Hall–Kier alpha value is -0.520. The van der Waals surface area contributed by atoms with Gasteiger partial charge in [0.15, 0.2) is 0 Å². The smallest absolute Gasteiger partial charge is 0.0312 e. The Morgan fingerprint density at radius 2 is 1.60 bits per heavy atom. The van der Waals surface area contributed by atoms with Gasteiger partial charge in [-0.1, -0.05) is 44.9 Å². The fraction of sp³-hybridized carbons (Fsp3) is 0.733. The van der Waals surface area contributed by atoms with Crippen molar-refractivity contribution < 1.29 is 0 Å². The molecule has 0 fully saturated rings. The Balaban J connectivity index is 4.46. The first-order valence-corrected chi connectivity index (χ1v) is 6.11. The molecule has 0 saturated carbocycles. The molecule has 0 unspecified atom stereocenters. The van der Waals surface area contributed by atoms with Crippen LogP contribution in [0.5, 0.6) is 0 Å². The van der Waals surface area contributed by atoms with Crippen LogP contribution in [0.4, 0.5) is 0 Å². The summed E-state index contributed by atoms with van der Waals surface area (Å²) in [7, 11) is 0. The van der Waals surface area contributed by atoms with Crippen molar-refractivity contribution in [2.45, 2.75) is 67.7 Å². The van der Waals surface area contributed by atoms with Gasteiger partial charge in [0.2, 0.25) is 0 Å². The minimum atomic E-state index is 0.448. The Labute approximate surface area is 96.5 Å². The molecule has 0 heterocycles. The second-order valence-corrected chi connectivity index (χ2v) is 5.76. The van der Waals surface area contributed by atoms with Gasteiger partial charge in [0.05, 0.1) is 0 Å². The predicted octanol–water partition coefficient (Wildman–Crippen LogP) is 5.51. The van der Waals surface area contributed by atoms with E-state index in [4.69, 9.17) is 0 Å². The lowest BCUT2D eigenvalue weighted by molar-refractivity contribution is 0.377. The Morgan fingerprint density at radius 1 is 1.07 bits per heavy atom. The normalized spacial score (nSPS) is 15.3. The van der Waals surface area contributed by atoms with E-state index in [0.717, 1.165) is 6.42 Å². The van der Waals surface area contributed by atoms with Gasteiger partial charge >= 0.3 is 0 Å². The summed E-state index contributed by atoms with van der Waals surface area (Å²) >= 11 is 0. The van der Waals surface area contributed by atoms with E-state index in [1.54, 1.807) is 5.57 Å². The summed E-state index contributed by atoms with van der Waals surface area (Å²) in [6.45, 7) is 15.9. The summed E-state index contributed by atoms with van der Waals surface area (Å²) in [5.41, 5.74) is 4.93. The third kappa shape index (κ3) is 6.54. The zero-order valence-electron chi connectivity index (χ0n) is 11.7. The van der Waals surface area contributed by atoms with E-state index in [-0.39, 0.29) is 0 Å². The number of rotatable bonds is 4. The first kappa shape index (κ1) is 14.5. The molecule has 0 nitrogen and oxygen atoms in total. The van der Waals surface area contributed by atoms with E-state index in [0.29, 0.717) is 5.41 Å². The van der Waals surface area contributed by atoms with Gasteiger partial charge in [-0.15, -0.1) is 0 Å². The molecule has 15 heavy (non-hydrogen) atoms. The molecule has 0 aliphatic carbocycles. The predicted molar refractivity (Wildman–Crippen MR) is 71.1 cm³/mol. The second-order valence-electron chi connectivity index (χ2n) is 5.76. The number of hydrogen-bond donors (Lipinski definition) is 0. The fourth-order valence-corrected chi connectivity index (χ4v) is 1.55. The van der Waals surface area contributed by atoms with Gasteiger partial charge in [-0.2, -0.15) is 0 Å². The van der Waals surface area contributed by atoms with Crippen molar-refractivity contribution in [3.8, 4) is 0 Å². The third-order valence-electron chi connectivity index (χ3n) is 2.99. The summed E-state index contributed by atoms with van der Waals surface area (Å²) in [5, 5.41) is 0. The Bertz CT molecular complexity index is 246. The third-order valence-corrected chi connectivity index (χ3v) is 2.99. The van der Waals surface area contributed by atoms with Gasteiger partial charge in [0.1, 0.15) is 0 Å². The van der Waals surface area contributed by atoms with Gasteiger partial charge < -0.3 is 0 Å². The van der Waals surface area contributed by atoms with Crippen LogP contribution >= 0.6 is 0 Å². The van der Waals surface area contributed by atoms with Crippen LogP contribution in [0.1, 0.15) is 67.7 Å². The lowest BCUT2D eigenvalue weighted by Gasteiger charge is -2.19. The van der Waals surface area contributed by atoms with Crippen molar-refractivity contribution in [1.29, 1.82) is 0 Å². The summed E-state index contributed by atoms with van der Waals surface area (Å²) in [4.78, 5) is 0. The van der Waals surface area contributed by atoms with E-state index in [9.17, 15) is 0 Å². The molecular weight excluding hydrogens is 180 g/mol. The molecule has 0 aromatic carbocycles. The minimum absolute atomic E-state index is 0.448. The Morgan fingerprint density at radius 3 is 2.00 bits per heavy atom. The van der Waals surface area contributed by atoms with Crippen LogP contribution in [0.15, 0.2) is 22.8 Å². The zero-order chi connectivity index (χ0) is 12.1. The van der Waals surface area contributed by atoms with Crippen molar-refractivity contribution in [1.82, 2.24) is 0 Å². The maximum atomic E-state index is 2.32. The van der Waals surface area contributed by atoms with Crippen LogP contribution in [0.2, 0.25) is 0 Å². The molecule has 0 amide bonds. The van der Waals surface area contributed by atoms with Crippen molar-refractivity contribution in [3.63, 3.8) is 0 Å². The molecule has 0 radical (unpaired) electrons. The highest BCUT2D eigenvalue weighted by atomic mass is 14.2. The summed E-state index contributed by atoms with van der Waals surface area (Å²) < 4.78 is 0. The maximum absolute atomic E-state index is 2.32. The zero-order valence-corrected chi connectivity index (χ0v) is 11.7. The van der Waals surface area contributed by atoms with Crippen LogP contribution in [0.25, 0.3) is 0 Å². The molecule has 0 rings (SSSR count). The monoisotopic (exact) mass is 208 g/mol. The molecule has 0 aromatic heterocycles. The maximum Gasteiger partial charge on any atom is -0.0312 e. The molecule has 0 atom stereocenters. The summed E-state index contributed by atoms with van der Waals surface area (Å²) in [6.07, 6.45) is 5.95. The first-order chi connectivity index (χ1) is 6.78. The van der Waals surface area contributed by atoms with E-state index in [2.05, 4.69) is 54.5 Å². The van der Waals surface area contributed by atoms with Gasteiger partial charge in [-0.05, 0) is 51.0 Å². The molecule has 0 heteroatoms. The van der Waals surface area contributed by atoms with Crippen LogP contribution in [0.3, 0.4) is 0 Å². The average Bonchev–Trinajstić information content (AvgIpc) is 2.12. The number of allylic oxidation sites excluding steroid dienone is 4. The molecule has 88 valence electrons. The van der Waals surface area contributed by atoms with Crippen LogP contribution in [-0.2, 0) is 0 Å². The fourth-order valence-electron chi connectivity index (χ4n) is 1.55. The highest BCUT2D eigenvalue weighted by Gasteiger charge is 2.10. The van der Waals surface area contributed by atoms with E-state index >= 15 is 0 Å². The summed E-state index contributed by atoms with van der Waals surface area (Å²) in [5.74, 6) is 0. The topological polar surface area (TPSA) is 0 Å². The van der Waals surface area contributed by atoms with E-state index < -0.39 is 0 Å². The van der Waals surface area contributed by atoms with Gasteiger partial charge in [-0.25, -0.2) is 0 Å². The quantitative estimate of drug-likeness (QED) is 0.535. The van der Waals surface area contributed by atoms with Crippen LogP contribution < -0.4 is 0 Å². The molecule has 0 aliphatic rings. The van der Waals surface area contributed by atoms with Crippen molar-refractivity contribution in [2.24, 2.45) is 5.41 Å². The highest BCUT2D eigenvalue weighted by molar-refractivity contribution is 5.31. The van der Waals surface area contributed by atoms with E-state index in [1.807, 2.05) is 0 Å². The Kier molecular flexibility index (Phi) is 5.93. The largest absolute Gasteiger partial charge is 0.0816 e. The first-order valence-electron chi connectivity index (χ1n) is 6.11. The van der Waals surface area contributed by atoms with Crippen molar-refractivity contribution in [3.05, 3.63) is 22.8 Å². The molecule has 0 N–H and O–H groups in total. The molecule has 0 bridgehead atoms. The molecule has 0 aromatic rings. The van der Waals surface area contributed by atoms with Crippen LogP contribution in [-0.4, -0.2) is 0 Å². The van der Waals surface area contributed by atoms with Crippen molar-refractivity contribution >= 4 is 0 Å². The molecular formula is C15H28. The number of hydrogen-bond acceptors (Lipinski definition) is 0. The lowest BCUT2D eigenvalue weighted by atomic mass is 9.87. The van der Waals surface area contributed by atoms with Crippen LogP contribution in [0, 0.1) is 5.41 Å². The lowest BCUT2D eigenvalue weighted by Crippen LogP contribution is -2.05. The van der Waals surface area contributed by atoms with E-state index in [1.165, 1.54) is 24.0 Å². The minimum Gasteiger partial charge on any atom is -0.0816 e. The summed E-state index contributed by atoms with van der Waals surface area (Å²) in [6, 6.07) is 0.